The number of rotatable bonds is 4. The molecule has 1 aromatic carbocycles. The molecular formula is C30H26N4O8. The molecule has 5 aromatic rings. The van der Waals surface area contributed by atoms with Crippen LogP contribution in [0.1, 0.15) is 41.4 Å². The van der Waals surface area contributed by atoms with Gasteiger partial charge in [0.2, 0.25) is 0 Å². The summed E-state index contributed by atoms with van der Waals surface area (Å²) in [4.78, 5) is 58.3. The van der Waals surface area contributed by atoms with Gasteiger partial charge >= 0.3 is 23.9 Å². The van der Waals surface area contributed by atoms with E-state index in [0.717, 1.165) is 0 Å². The van der Waals surface area contributed by atoms with E-state index >= 15 is 0 Å². The van der Waals surface area contributed by atoms with Gasteiger partial charge in [0.1, 0.15) is 0 Å². The Hall–Kier alpha value is -6.30. The summed E-state index contributed by atoms with van der Waals surface area (Å²) in [6.07, 6.45) is 14.0. The molecule has 0 saturated carbocycles. The van der Waals surface area contributed by atoms with E-state index in [0.29, 0.717) is 12.1 Å². The van der Waals surface area contributed by atoms with E-state index in [2.05, 4.69) is 19.9 Å². The van der Waals surface area contributed by atoms with E-state index in [1.165, 1.54) is 0 Å². The number of hydrogen-bond donors (Lipinski definition) is 4. The summed E-state index contributed by atoms with van der Waals surface area (Å²) in [5.74, 6) is -6.64. The Kier molecular flexibility index (Phi) is 16.6. The molecule has 0 saturated heterocycles. The van der Waals surface area contributed by atoms with Crippen LogP contribution in [-0.2, 0) is 0 Å². The quantitative estimate of drug-likeness (QED) is 0.230. The van der Waals surface area contributed by atoms with Gasteiger partial charge in [-0.2, -0.15) is 0 Å². The molecule has 0 aliphatic rings. The molecule has 0 aliphatic heterocycles. The SMILES string of the molecule is O=C(O)c1cc(C(=O)O)c(C(=O)O)cc1C(=O)O.c1ccncc1.c1ccncc1.c1ccncc1.c1ccncc1. The van der Waals surface area contributed by atoms with Crippen molar-refractivity contribution >= 4 is 23.9 Å². The predicted octanol–water partition coefficient (Wildman–Crippen LogP) is 4.81. The minimum atomic E-state index is -1.66. The lowest BCUT2D eigenvalue weighted by Crippen LogP contribution is -2.15. The van der Waals surface area contributed by atoms with Crippen LogP contribution in [0.2, 0.25) is 0 Å². The Morgan fingerprint density at radius 3 is 0.571 bits per heavy atom. The summed E-state index contributed by atoms with van der Waals surface area (Å²) in [7, 11) is 0. The lowest BCUT2D eigenvalue weighted by Gasteiger charge is -2.06. The van der Waals surface area contributed by atoms with Crippen molar-refractivity contribution in [1.29, 1.82) is 0 Å². The standard InChI is InChI=1S/C10H6O8.4C5H5N/c11-7(12)3-1-4(8(13)14)6(10(17)18)2-5(3)9(15)16;4*1-2-4-6-5-3-1/h1-2H,(H,11,12)(H,13,14)(H,15,16)(H,17,18);4*1-5H. The summed E-state index contributed by atoms with van der Waals surface area (Å²) >= 11 is 0. The fraction of sp³-hybridized carbons (Fsp3) is 0. The molecule has 12 heteroatoms. The largest absolute Gasteiger partial charge is 0.478 e. The van der Waals surface area contributed by atoms with Gasteiger partial charge in [0.15, 0.2) is 0 Å². The fourth-order valence-corrected chi connectivity index (χ4v) is 2.56. The molecule has 0 fully saturated rings. The third kappa shape index (κ3) is 14.6. The van der Waals surface area contributed by atoms with Gasteiger partial charge in [0.05, 0.1) is 22.3 Å². The minimum absolute atomic E-state index is 0.511. The first-order valence-corrected chi connectivity index (χ1v) is 11.8. The highest BCUT2D eigenvalue weighted by molar-refractivity contribution is 6.09. The third-order valence-electron chi connectivity index (χ3n) is 4.35. The van der Waals surface area contributed by atoms with Crippen LogP contribution >= 0.6 is 0 Å². The Morgan fingerprint density at radius 2 is 0.500 bits per heavy atom. The molecule has 4 aromatic heterocycles. The van der Waals surface area contributed by atoms with Crippen LogP contribution in [0.4, 0.5) is 0 Å². The lowest BCUT2D eigenvalue weighted by atomic mass is 9.98. The number of aromatic carboxylic acids is 4. The first-order valence-electron chi connectivity index (χ1n) is 11.8. The van der Waals surface area contributed by atoms with Crippen molar-refractivity contribution in [1.82, 2.24) is 19.9 Å². The molecule has 0 atom stereocenters. The maximum absolute atomic E-state index is 10.8. The van der Waals surface area contributed by atoms with Crippen LogP contribution in [0.3, 0.4) is 0 Å². The Morgan fingerprint density at radius 1 is 0.333 bits per heavy atom. The fourth-order valence-electron chi connectivity index (χ4n) is 2.56. The number of hydrogen-bond acceptors (Lipinski definition) is 8. The Balaban J connectivity index is 0.000000297. The van der Waals surface area contributed by atoms with Gasteiger partial charge in [-0.3, -0.25) is 19.9 Å². The molecule has 0 bridgehead atoms. The molecule has 5 rings (SSSR count). The van der Waals surface area contributed by atoms with Gasteiger partial charge in [-0.1, -0.05) is 24.3 Å². The van der Waals surface area contributed by atoms with Gasteiger partial charge in [0.25, 0.3) is 0 Å². The number of carbonyl (C=O) groups is 4. The number of aromatic nitrogens is 4. The summed E-state index contributed by atoms with van der Waals surface area (Å²) in [6.45, 7) is 0. The van der Waals surface area contributed by atoms with Crippen LogP contribution in [0.15, 0.2) is 135 Å². The molecule has 4 N–H and O–H groups in total. The average molecular weight is 571 g/mol. The van der Waals surface area contributed by atoms with Crippen molar-refractivity contribution in [2.45, 2.75) is 0 Å². The van der Waals surface area contributed by atoms with Crippen LogP contribution in [0.25, 0.3) is 0 Å². The number of carboxylic acid groups (broad SMARTS) is 4. The maximum Gasteiger partial charge on any atom is 0.336 e. The molecule has 0 amide bonds. The van der Waals surface area contributed by atoms with Gasteiger partial charge in [-0.15, -0.1) is 0 Å². The Bertz CT molecular complexity index is 1140. The van der Waals surface area contributed by atoms with Crippen molar-refractivity contribution in [3.63, 3.8) is 0 Å². The molecule has 0 radical (unpaired) electrons. The number of nitrogens with zero attached hydrogens (tertiary/aromatic N) is 4. The van der Waals surface area contributed by atoms with Gasteiger partial charge < -0.3 is 20.4 Å². The van der Waals surface area contributed by atoms with Crippen molar-refractivity contribution in [2.75, 3.05) is 0 Å². The van der Waals surface area contributed by atoms with E-state index in [1.54, 1.807) is 49.6 Å². The van der Waals surface area contributed by atoms with Gasteiger partial charge in [0, 0.05) is 49.6 Å². The van der Waals surface area contributed by atoms with Gasteiger partial charge in [-0.25, -0.2) is 19.2 Å². The van der Waals surface area contributed by atoms with E-state index in [4.69, 9.17) is 20.4 Å². The normalized spacial score (nSPS) is 8.76. The first kappa shape index (κ1) is 33.7. The first-order chi connectivity index (χ1) is 20.3. The second-order valence-electron chi connectivity index (χ2n) is 7.26. The van der Waals surface area contributed by atoms with Crippen molar-refractivity contribution in [3.8, 4) is 0 Å². The van der Waals surface area contributed by atoms with Crippen LogP contribution in [-0.4, -0.2) is 64.2 Å². The topological polar surface area (TPSA) is 201 Å². The zero-order valence-electron chi connectivity index (χ0n) is 21.9. The zero-order chi connectivity index (χ0) is 31.0. The molecule has 214 valence electrons. The third-order valence-corrected chi connectivity index (χ3v) is 4.35. The highest BCUT2D eigenvalue weighted by Crippen LogP contribution is 2.18. The number of carboxylic acids is 4. The number of benzene rings is 1. The molecular weight excluding hydrogens is 544 g/mol. The van der Waals surface area contributed by atoms with Crippen LogP contribution in [0, 0.1) is 0 Å². The highest BCUT2D eigenvalue weighted by Gasteiger charge is 2.24. The van der Waals surface area contributed by atoms with Gasteiger partial charge in [-0.05, 0) is 60.7 Å². The average Bonchev–Trinajstić information content (AvgIpc) is 3.04. The predicted molar refractivity (Wildman–Crippen MR) is 151 cm³/mol. The summed E-state index contributed by atoms with van der Waals surface area (Å²) in [6, 6.07) is 23.9. The van der Waals surface area contributed by atoms with E-state index < -0.39 is 46.1 Å². The monoisotopic (exact) mass is 570 g/mol. The molecule has 0 aliphatic carbocycles. The van der Waals surface area contributed by atoms with Crippen molar-refractivity contribution < 1.29 is 39.6 Å². The molecule has 4 heterocycles. The molecule has 0 spiro atoms. The summed E-state index contributed by atoms with van der Waals surface area (Å²) in [5.41, 5.74) is -3.15. The van der Waals surface area contributed by atoms with Crippen LogP contribution < -0.4 is 0 Å². The van der Waals surface area contributed by atoms with Crippen LogP contribution in [0.5, 0.6) is 0 Å². The smallest absolute Gasteiger partial charge is 0.336 e. The summed E-state index contributed by atoms with van der Waals surface area (Å²) < 4.78 is 0. The second kappa shape index (κ2) is 20.6. The lowest BCUT2D eigenvalue weighted by molar-refractivity contribution is 0.0637. The second-order valence-corrected chi connectivity index (χ2v) is 7.26. The number of pyridine rings is 4. The Labute approximate surface area is 240 Å². The van der Waals surface area contributed by atoms with Crippen molar-refractivity contribution in [3.05, 3.63) is 157 Å². The van der Waals surface area contributed by atoms with E-state index in [1.807, 2.05) is 72.8 Å². The molecule has 0 unspecified atom stereocenters. The minimum Gasteiger partial charge on any atom is -0.478 e. The van der Waals surface area contributed by atoms with E-state index in [-0.39, 0.29) is 0 Å². The zero-order valence-corrected chi connectivity index (χ0v) is 21.9. The maximum atomic E-state index is 10.8. The van der Waals surface area contributed by atoms with Crippen molar-refractivity contribution in [2.24, 2.45) is 0 Å². The molecule has 42 heavy (non-hydrogen) atoms. The van der Waals surface area contributed by atoms with E-state index in [9.17, 15) is 19.2 Å². The highest BCUT2D eigenvalue weighted by atomic mass is 16.4. The molecule has 12 nitrogen and oxygen atoms in total. The summed E-state index contributed by atoms with van der Waals surface area (Å²) in [5, 5.41) is 35.0.